The number of carbonyl (C=O) groups is 1. The molecule has 0 saturated carbocycles. The van der Waals surface area contributed by atoms with E-state index in [-0.39, 0.29) is 29.1 Å². The summed E-state index contributed by atoms with van der Waals surface area (Å²) in [6.45, 7) is -0.228. The first-order valence-electron chi connectivity index (χ1n) is 7.65. The zero-order chi connectivity index (χ0) is 19.6. The van der Waals surface area contributed by atoms with E-state index in [0.29, 0.717) is 5.65 Å². The van der Waals surface area contributed by atoms with E-state index in [4.69, 9.17) is 4.74 Å². The van der Waals surface area contributed by atoms with E-state index in [9.17, 15) is 18.0 Å². The van der Waals surface area contributed by atoms with Crippen molar-refractivity contribution in [2.45, 2.75) is 6.61 Å². The molecular weight excluding hydrogens is 438 g/mol. The Kier molecular flexibility index (Phi) is 5.29. The van der Waals surface area contributed by atoms with Crippen molar-refractivity contribution in [2.24, 2.45) is 0 Å². The molecule has 0 aliphatic heterocycles. The van der Waals surface area contributed by atoms with Crippen LogP contribution in [-0.2, 0) is 21.4 Å². The second-order valence-electron chi connectivity index (χ2n) is 5.66. The Bertz CT molecular complexity index is 1190. The van der Waals surface area contributed by atoms with Gasteiger partial charge < -0.3 is 4.74 Å². The molecule has 0 aliphatic carbocycles. The Labute approximate surface area is 163 Å². The summed E-state index contributed by atoms with van der Waals surface area (Å²) in [5, 5.41) is 0. The molecule has 0 unspecified atom stereocenters. The Hall–Kier alpha value is -2.72. The van der Waals surface area contributed by atoms with Gasteiger partial charge in [0.1, 0.15) is 12.3 Å². The molecule has 0 atom stereocenters. The average molecular weight is 452 g/mol. The van der Waals surface area contributed by atoms with E-state index in [1.807, 2.05) is 0 Å². The van der Waals surface area contributed by atoms with Gasteiger partial charge in [0, 0.05) is 16.7 Å². The van der Waals surface area contributed by atoms with Crippen LogP contribution < -0.4 is 10.3 Å². The summed E-state index contributed by atoms with van der Waals surface area (Å²) in [6.07, 6.45) is 2.58. The number of halogens is 1. The van der Waals surface area contributed by atoms with Crippen molar-refractivity contribution in [3.05, 3.63) is 74.7 Å². The number of pyridine rings is 1. The van der Waals surface area contributed by atoms with Crippen molar-refractivity contribution in [1.29, 1.82) is 0 Å². The maximum absolute atomic E-state index is 12.3. The van der Waals surface area contributed by atoms with E-state index in [0.717, 1.165) is 10.7 Å². The predicted molar refractivity (Wildman–Crippen MR) is 103 cm³/mol. The van der Waals surface area contributed by atoms with Gasteiger partial charge in [0.2, 0.25) is 10.0 Å². The highest BCUT2D eigenvalue weighted by atomic mass is 79.9. The summed E-state index contributed by atoms with van der Waals surface area (Å²) in [5.41, 5.74) is 0.553. The molecule has 0 fully saturated rings. The van der Waals surface area contributed by atoms with E-state index >= 15 is 0 Å². The first-order chi connectivity index (χ1) is 12.7. The number of nitrogens with zero attached hydrogens (tertiary/aromatic N) is 2. The molecule has 0 radical (unpaired) electrons. The van der Waals surface area contributed by atoms with Crippen LogP contribution in [0, 0.1) is 0 Å². The Balaban J connectivity index is 1.82. The van der Waals surface area contributed by atoms with Crippen LogP contribution in [0.5, 0.6) is 0 Å². The number of aromatic nitrogens is 2. The fourth-order valence-electron chi connectivity index (χ4n) is 2.37. The number of nitrogens with one attached hydrogen (secondary N) is 1. The Morgan fingerprint density at radius 3 is 2.74 bits per heavy atom. The highest BCUT2D eigenvalue weighted by Crippen LogP contribution is 2.18. The van der Waals surface area contributed by atoms with Gasteiger partial charge in [-0.25, -0.2) is 18.2 Å². The van der Waals surface area contributed by atoms with Gasteiger partial charge in [-0.05, 0) is 40.2 Å². The molecule has 0 spiro atoms. The van der Waals surface area contributed by atoms with Crippen LogP contribution in [0.1, 0.15) is 16.1 Å². The van der Waals surface area contributed by atoms with Gasteiger partial charge in [-0.1, -0.05) is 12.1 Å². The zero-order valence-electron chi connectivity index (χ0n) is 14.0. The first-order valence-corrected chi connectivity index (χ1v) is 10.3. The standard InChI is InChI=1S/C17H14BrN3O5S/c1-27(24,25)20-14-5-3-2-4-13(14)17(23)26-10-12-8-16(22)21-9-11(18)6-7-15(21)19-12/h2-9,20H,10H2,1H3. The van der Waals surface area contributed by atoms with Crippen LogP contribution in [0.3, 0.4) is 0 Å². The van der Waals surface area contributed by atoms with Crippen LogP contribution >= 0.6 is 15.9 Å². The average Bonchev–Trinajstić information content (AvgIpc) is 2.59. The summed E-state index contributed by atoms with van der Waals surface area (Å²) >= 11 is 3.28. The fraction of sp³-hybridized carbons (Fsp3) is 0.118. The summed E-state index contributed by atoms with van der Waals surface area (Å²) in [5.74, 6) is -0.737. The molecule has 1 aromatic carbocycles. The number of hydrogen-bond acceptors (Lipinski definition) is 6. The van der Waals surface area contributed by atoms with Crippen molar-refractivity contribution in [2.75, 3.05) is 11.0 Å². The number of rotatable bonds is 5. The molecule has 8 nitrogen and oxygen atoms in total. The molecule has 140 valence electrons. The highest BCUT2D eigenvalue weighted by molar-refractivity contribution is 9.10. The number of carbonyl (C=O) groups excluding carboxylic acids is 1. The maximum Gasteiger partial charge on any atom is 0.340 e. The topological polar surface area (TPSA) is 107 Å². The number of para-hydroxylation sites is 1. The first kappa shape index (κ1) is 19.1. The van der Waals surface area contributed by atoms with Crippen molar-refractivity contribution in [1.82, 2.24) is 9.38 Å². The lowest BCUT2D eigenvalue weighted by molar-refractivity contribution is 0.0469. The molecule has 2 aromatic heterocycles. The van der Waals surface area contributed by atoms with Crippen LogP contribution in [-0.4, -0.2) is 30.0 Å². The van der Waals surface area contributed by atoms with E-state index in [1.165, 1.54) is 22.6 Å². The lowest BCUT2D eigenvalue weighted by Gasteiger charge is -2.10. The maximum atomic E-state index is 12.3. The van der Waals surface area contributed by atoms with Gasteiger partial charge in [-0.2, -0.15) is 0 Å². The molecule has 27 heavy (non-hydrogen) atoms. The monoisotopic (exact) mass is 451 g/mol. The minimum atomic E-state index is -3.55. The van der Waals surface area contributed by atoms with Gasteiger partial charge in [-0.15, -0.1) is 0 Å². The van der Waals surface area contributed by atoms with Gasteiger partial charge in [0.05, 0.1) is 23.2 Å². The molecule has 0 aliphatic rings. The number of esters is 1. The van der Waals surface area contributed by atoms with E-state index in [2.05, 4.69) is 25.6 Å². The second-order valence-corrected chi connectivity index (χ2v) is 8.32. The minimum Gasteiger partial charge on any atom is -0.456 e. The summed E-state index contributed by atoms with van der Waals surface area (Å²) in [7, 11) is -3.55. The normalized spacial score (nSPS) is 11.3. The molecular formula is C17H14BrN3O5S. The van der Waals surface area contributed by atoms with Crippen LogP contribution in [0.4, 0.5) is 5.69 Å². The van der Waals surface area contributed by atoms with Crippen LogP contribution in [0.25, 0.3) is 5.65 Å². The largest absolute Gasteiger partial charge is 0.456 e. The van der Waals surface area contributed by atoms with Crippen LogP contribution in [0.15, 0.2) is 57.9 Å². The molecule has 3 aromatic rings. The Morgan fingerprint density at radius 2 is 2.00 bits per heavy atom. The number of fused-ring (bicyclic) bond motifs is 1. The molecule has 10 heteroatoms. The molecule has 0 saturated heterocycles. The summed E-state index contributed by atoms with van der Waals surface area (Å²) in [4.78, 5) is 28.8. The third kappa shape index (κ3) is 4.72. The number of hydrogen-bond donors (Lipinski definition) is 1. The third-order valence-corrected chi connectivity index (χ3v) is 4.53. The molecule has 1 N–H and O–H groups in total. The Morgan fingerprint density at radius 1 is 1.26 bits per heavy atom. The van der Waals surface area contributed by atoms with Gasteiger partial charge in [0.15, 0.2) is 0 Å². The molecule has 0 amide bonds. The number of anilines is 1. The lowest BCUT2D eigenvalue weighted by atomic mass is 10.2. The summed E-state index contributed by atoms with van der Waals surface area (Å²) < 4.78 is 32.4. The number of benzene rings is 1. The third-order valence-electron chi connectivity index (χ3n) is 3.47. The van der Waals surface area contributed by atoms with E-state index < -0.39 is 16.0 Å². The van der Waals surface area contributed by atoms with Crippen molar-refractivity contribution in [3.63, 3.8) is 0 Å². The minimum absolute atomic E-state index is 0.0596. The van der Waals surface area contributed by atoms with Gasteiger partial charge in [-0.3, -0.25) is 13.9 Å². The summed E-state index contributed by atoms with van der Waals surface area (Å²) in [6, 6.07) is 10.7. The molecule has 2 heterocycles. The number of sulfonamides is 1. The molecule has 3 rings (SSSR count). The quantitative estimate of drug-likeness (QED) is 0.595. The fourth-order valence-corrected chi connectivity index (χ4v) is 3.28. The lowest BCUT2D eigenvalue weighted by Crippen LogP contribution is -2.17. The predicted octanol–water partition coefficient (Wildman–Crippen LogP) is 2.19. The molecule has 0 bridgehead atoms. The number of ether oxygens (including phenoxy) is 1. The van der Waals surface area contributed by atoms with Gasteiger partial charge in [0.25, 0.3) is 5.56 Å². The smallest absolute Gasteiger partial charge is 0.340 e. The van der Waals surface area contributed by atoms with E-state index in [1.54, 1.807) is 30.5 Å². The van der Waals surface area contributed by atoms with Crippen LogP contribution in [0.2, 0.25) is 0 Å². The van der Waals surface area contributed by atoms with Crippen molar-refractivity contribution in [3.8, 4) is 0 Å². The van der Waals surface area contributed by atoms with Crippen molar-refractivity contribution >= 4 is 43.3 Å². The zero-order valence-corrected chi connectivity index (χ0v) is 16.5. The highest BCUT2D eigenvalue weighted by Gasteiger charge is 2.15. The van der Waals surface area contributed by atoms with Crippen molar-refractivity contribution < 1.29 is 17.9 Å². The van der Waals surface area contributed by atoms with Gasteiger partial charge >= 0.3 is 5.97 Å². The second kappa shape index (κ2) is 7.49. The SMILES string of the molecule is CS(=O)(=O)Nc1ccccc1C(=O)OCc1cc(=O)n2cc(Br)ccc2n1.